The van der Waals surface area contributed by atoms with Crippen molar-refractivity contribution in [1.29, 1.82) is 0 Å². The van der Waals surface area contributed by atoms with Gasteiger partial charge in [0.15, 0.2) is 6.61 Å². The zero-order chi connectivity index (χ0) is 15.2. The number of non-ortho nitro benzene ring substituents is 1. The standard InChI is InChI=1S/C13H10ClN3O4/c14-9-1-6-12(15-7-9)16-13(18)8-21-11-4-2-10(3-5-11)17(19)20/h1-7H,8H2,(H,15,16,18). The van der Waals surface area contributed by atoms with Crippen LogP contribution in [0.1, 0.15) is 0 Å². The number of hydrogen-bond donors (Lipinski definition) is 1. The van der Waals surface area contributed by atoms with E-state index in [-0.39, 0.29) is 12.3 Å². The Morgan fingerprint density at radius 2 is 2.00 bits per heavy atom. The monoisotopic (exact) mass is 307 g/mol. The fourth-order valence-electron chi connectivity index (χ4n) is 1.44. The summed E-state index contributed by atoms with van der Waals surface area (Å²) in [6, 6.07) is 8.60. The lowest BCUT2D eigenvalue weighted by atomic mass is 10.3. The molecule has 0 unspecified atom stereocenters. The third-order valence-corrected chi connectivity index (χ3v) is 2.64. The normalized spacial score (nSPS) is 9.95. The number of anilines is 1. The molecule has 108 valence electrons. The molecule has 0 aliphatic rings. The number of aromatic nitrogens is 1. The average Bonchev–Trinajstić information content (AvgIpc) is 2.48. The summed E-state index contributed by atoms with van der Waals surface area (Å²) in [5.41, 5.74) is -0.0443. The van der Waals surface area contributed by atoms with Gasteiger partial charge in [0.05, 0.1) is 9.95 Å². The Kier molecular flexibility index (Phi) is 4.68. The molecule has 1 aromatic carbocycles. The third kappa shape index (κ3) is 4.43. The quantitative estimate of drug-likeness (QED) is 0.677. The minimum atomic E-state index is -0.511. The number of rotatable bonds is 5. The molecule has 1 amide bonds. The first-order valence-corrected chi connectivity index (χ1v) is 6.21. The predicted octanol–water partition coefficient (Wildman–Crippen LogP) is 2.66. The summed E-state index contributed by atoms with van der Waals surface area (Å²) in [4.78, 5) is 25.5. The van der Waals surface area contributed by atoms with Crippen molar-refractivity contribution in [1.82, 2.24) is 4.98 Å². The van der Waals surface area contributed by atoms with E-state index in [1.54, 1.807) is 12.1 Å². The van der Waals surface area contributed by atoms with E-state index in [1.807, 2.05) is 0 Å². The fraction of sp³-hybridized carbons (Fsp3) is 0.0769. The first-order valence-electron chi connectivity index (χ1n) is 5.83. The van der Waals surface area contributed by atoms with Crippen molar-refractivity contribution in [3.05, 3.63) is 57.7 Å². The third-order valence-electron chi connectivity index (χ3n) is 2.41. The first-order chi connectivity index (χ1) is 10.0. The topological polar surface area (TPSA) is 94.4 Å². The minimum absolute atomic E-state index is 0.0443. The fourth-order valence-corrected chi connectivity index (χ4v) is 1.55. The lowest BCUT2D eigenvalue weighted by Crippen LogP contribution is -2.20. The molecule has 0 aliphatic carbocycles. The number of nitro groups is 1. The van der Waals surface area contributed by atoms with Crippen LogP contribution in [-0.4, -0.2) is 22.4 Å². The molecule has 8 heteroatoms. The Morgan fingerprint density at radius 3 is 2.57 bits per heavy atom. The van der Waals surface area contributed by atoms with Gasteiger partial charge in [-0.05, 0) is 24.3 Å². The molecule has 0 saturated carbocycles. The first kappa shape index (κ1) is 14.7. The number of nitrogens with zero attached hydrogens (tertiary/aromatic N) is 2. The maximum Gasteiger partial charge on any atom is 0.269 e. The molecule has 21 heavy (non-hydrogen) atoms. The molecule has 0 aliphatic heterocycles. The molecule has 0 fully saturated rings. The molecule has 2 aromatic rings. The Labute approximate surface area is 124 Å². The molecule has 0 spiro atoms. The second-order valence-corrected chi connectivity index (χ2v) is 4.39. The predicted molar refractivity (Wildman–Crippen MR) is 76.5 cm³/mol. The van der Waals surface area contributed by atoms with Crippen molar-refractivity contribution in [2.45, 2.75) is 0 Å². The largest absolute Gasteiger partial charge is 0.484 e. The van der Waals surface area contributed by atoms with Gasteiger partial charge in [0, 0.05) is 18.3 Å². The number of carbonyl (C=O) groups is 1. The number of ether oxygens (including phenoxy) is 1. The smallest absolute Gasteiger partial charge is 0.269 e. The van der Waals surface area contributed by atoms with E-state index in [9.17, 15) is 14.9 Å². The van der Waals surface area contributed by atoms with Gasteiger partial charge in [-0.25, -0.2) is 4.98 Å². The maximum absolute atomic E-state index is 11.6. The highest BCUT2D eigenvalue weighted by molar-refractivity contribution is 6.30. The Bertz CT molecular complexity index is 643. The van der Waals surface area contributed by atoms with Crippen LogP contribution in [0.4, 0.5) is 11.5 Å². The zero-order valence-corrected chi connectivity index (χ0v) is 11.4. The van der Waals surface area contributed by atoms with E-state index in [4.69, 9.17) is 16.3 Å². The summed E-state index contributed by atoms with van der Waals surface area (Å²) < 4.78 is 5.21. The highest BCUT2D eigenvalue weighted by atomic mass is 35.5. The van der Waals surface area contributed by atoms with Crippen LogP contribution in [0, 0.1) is 10.1 Å². The van der Waals surface area contributed by atoms with Gasteiger partial charge >= 0.3 is 0 Å². The maximum atomic E-state index is 11.6. The number of pyridine rings is 1. The summed E-state index contributed by atoms with van der Waals surface area (Å²) in [6.07, 6.45) is 1.41. The van der Waals surface area contributed by atoms with Gasteiger partial charge in [-0.1, -0.05) is 11.6 Å². The minimum Gasteiger partial charge on any atom is -0.484 e. The van der Waals surface area contributed by atoms with Crippen LogP contribution in [0.2, 0.25) is 5.02 Å². The van der Waals surface area contributed by atoms with Crippen molar-refractivity contribution in [2.75, 3.05) is 11.9 Å². The molecule has 0 saturated heterocycles. The molecule has 1 aromatic heterocycles. The highest BCUT2D eigenvalue weighted by Crippen LogP contribution is 2.17. The number of benzene rings is 1. The van der Waals surface area contributed by atoms with E-state index in [0.29, 0.717) is 16.6 Å². The summed E-state index contributed by atoms with van der Waals surface area (Å²) in [7, 11) is 0. The lowest BCUT2D eigenvalue weighted by Gasteiger charge is -2.06. The van der Waals surface area contributed by atoms with Gasteiger partial charge in [-0.2, -0.15) is 0 Å². The summed E-state index contributed by atoms with van der Waals surface area (Å²) in [5, 5.41) is 13.5. The van der Waals surface area contributed by atoms with Crippen molar-refractivity contribution in [3.8, 4) is 5.75 Å². The van der Waals surface area contributed by atoms with Crippen LogP contribution >= 0.6 is 11.6 Å². The van der Waals surface area contributed by atoms with Crippen molar-refractivity contribution >= 4 is 29.0 Å². The number of nitrogens with one attached hydrogen (secondary N) is 1. The molecule has 0 bridgehead atoms. The number of amides is 1. The number of halogens is 1. The molecule has 1 N–H and O–H groups in total. The van der Waals surface area contributed by atoms with Crippen LogP contribution in [0.3, 0.4) is 0 Å². The van der Waals surface area contributed by atoms with Gasteiger partial charge in [0.1, 0.15) is 11.6 Å². The van der Waals surface area contributed by atoms with Crippen molar-refractivity contribution in [3.63, 3.8) is 0 Å². The summed E-state index contributed by atoms with van der Waals surface area (Å²) in [6.45, 7) is -0.234. The molecule has 2 rings (SSSR count). The number of carbonyl (C=O) groups excluding carboxylic acids is 1. The molecular formula is C13H10ClN3O4. The molecule has 0 radical (unpaired) electrons. The van der Waals surface area contributed by atoms with Gasteiger partial charge in [0.25, 0.3) is 11.6 Å². The zero-order valence-electron chi connectivity index (χ0n) is 10.7. The lowest BCUT2D eigenvalue weighted by molar-refractivity contribution is -0.384. The Balaban J connectivity index is 1.86. The number of nitro benzene ring substituents is 1. The van der Waals surface area contributed by atoms with Gasteiger partial charge in [-0.3, -0.25) is 14.9 Å². The van der Waals surface area contributed by atoms with Gasteiger partial charge < -0.3 is 10.1 Å². The molecule has 1 heterocycles. The second kappa shape index (κ2) is 6.67. The van der Waals surface area contributed by atoms with E-state index in [2.05, 4.69) is 10.3 Å². The number of hydrogen-bond acceptors (Lipinski definition) is 5. The van der Waals surface area contributed by atoms with E-state index < -0.39 is 10.8 Å². The Morgan fingerprint density at radius 1 is 1.29 bits per heavy atom. The van der Waals surface area contributed by atoms with Crippen molar-refractivity contribution in [2.24, 2.45) is 0 Å². The summed E-state index contributed by atoms with van der Waals surface area (Å²) >= 11 is 5.68. The molecule has 7 nitrogen and oxygen atoms in total. The van der Waals surface area contributed by atoms with E-state index in [1.165, 1.54) is 30.5 Å². The highest BCUT2D eigenvalue weighted by Gasteiger charge is 2.07. The van der Waals surface area contributed by atoms with Crippen LogP contribution in [-0.2, 0) is 4.79 Å². The van der Waals surface area contributed by atoms with Gasteiger partial charge in [0.2, 0.25) is 0 Å². The van der Waals surface area contributed by atoms with Crippen LogP contribution in [0.5, 0.6) is 5.75 Å². The van der Waals surface area contributed by atoms with E-state index >= 15 is 0 Å². The summed E-state index contributed by atoms with van der Waals surface area (Å²) in [5.74, 6) is 0.319. The molecular weight excluding hydrogens is 298 g/mol. The van der Waals surface area contributed by atoms with Crippen LogP contribution in [0.15, 0.2) is 42.6 Å². The van der Waals surface area contributed by atoms with E-state index in [0.717, 1.165) is 0 Å². The SMILES string of the molecule is O=C(COc1ccc([N+](=O)[O-])cc1)Nc1ccc(Cl)cn1. The van der Waals surface area contributed by atoms with Crippen LogP contribution < -0.4 is 10.1 Å². The average molecular weight is 308 g/mol. The Hall–Kier alpha value is -2.67. The molecule has 0 atom stereocenters. The van der Waals surface area contributed by atoms with Gasteiger partial charge in [-0.15, -0.1) is 0 Å². The second-order valence-electron chi connectivity index (χ2n) is 3.95. The van der Waals surface area contributed by atoms with Crippen molar-refractivity contribution < 1.29 is 14.5 Å². The van der Waals surface area contributed by atoms with Crippen LogP contribution in [0.25, 0.3) is 0 Å².